The van der Waals surface area contributed by atoms with Gasteiger partial charge < -0.3 is 5.32 Å². The van der Waals surface area contributed by atoms with Crippen molar-refractivity contribution in [3.63, 3.8) is 0 Å². The first-order valence-electron chi connectivity index (χ1n) is 5.87. The van der Waals surface area contributed by atoms with Crippen molar-refractivity contribution in [2.24, 2.45) is 0 Å². The van der Waals surface area contributed by atoms with E-state index in [1.54, 1.807) is 0 Å². The first-order chi connectivity index (χ1) is 8.24. The van der Waals surface area contributed by atoms with Crippen molar-refractivity contribution < 1.29 is 0 Å². The zero-order chi connectivity index (χ0) is 12.3. The fourth-order valence-corrected chi connectivity index (χ4v) is 1.91. The number of aromatic nitrogens is 3. The van der Waals surface area contributed by atoms with Gasteiger partial charge in [-0.15, -0.1) is 0 Å². The summed E-state index contributed by atoms with van der Waals surface area (Å²) in [5, 5.41) is 7.58. The summed E-state index contributed by atoms with van der Waals surface area (Å²) in [5.74, 6) is 0. The summed E-state index contributed by atoms with van der Waals surface area (Å²) in [7, 11) is 1.94. The molecule has 2 heterocycles. The summed E-state index contributed by atoms with van der Waals surface area (Å²) in [6.45, 7) is 4.97. The number of pyridine rings is 1. The van der Waals surface area contributed by atoms with Crippen molar-refractivity contribution >= 4 is 0 Å². The molecule has 1 N–H and O–H groups in total. The van der Waals surface area contributed by atoms with E-state index in [-0.39, 0.29) is 6.04 Å². The number of hydrogen-bond acceptors (Lipinski definition) is 3. The molecule has 17 heavy (non-hydrogen) atoms. The molecule has 4 nitrogen and oxygen atoms in total. The van der Waals surface area contributed by atoms with Crippen molar-refractivity contribution in [3.05, 3.63) is 47.5 Å². The van der Waals surface area contributed by atoms with Gasteiger partial charge in [-0.3, -0.25) is 9.67 Å². The van der Waals surface area contributed by atoms with Gasteiger partial charge in [0.05, 0.1) is 17.9 Å². The van der Waals surface area contributed by atoms with Gasteiger partial charge in [-0.05, 0) is 33.0 Å². The van der Waals surface area contributed by atoms with Crippen molar-refractivity contribution in [3.8, 4) is 0 Å². The van der Waals surface area contributed by atoms with Gasteiger partial charge in [0.1, 0.15) is 0 Å². The van der Waals surface area contributed by atoms with Crippen LogP contribution in [0.3, 0.4) is 0 Å². The molecule has 2 rings (SSSR count). The van der Waals surface area contributed by atoms with Crippen LogP contribution in [0.1, 0.15) is 29.9 Å². The summed E-state index contributed by atoms with van der Waals surface area (Å²) in [4.78, 5) is 4.56. The molecule has 0 amide bonds. The highest BCUT2D eigenvalue weighted by Gasteiger charge is 2.15. The Bertz CT molecular complexity index is 490. The number of aryl methyl sites for hydroxylation is 2. The molecule has 4 heteroatoms. The highest BCUT2D eigenvalue weighted by molar-refractivity contribution is 5.24. The third kappa shape index (κ3) is 2.53. The molecule has 0 aliphatic heterocycles. The minimum atomic E-state index is 0.107. The van der Waals surface area contributed by atoms with Gasteiger partial charge in [-0.25, -0.2) is 0 Å². The first-order valence-corrected chi connectivity index (χ1v) is 5.87. The second kappa shape index (κ2) is 5.10. The van der Waals surface area contributed by atoms with Crippen LogP contribution in [0, 0.1) is 6.92 Å². The molecule has 0 saturated carbocycles. The molecule has 0 aliphatic rings. The van der Waals surface area contributed by atoms with Crippen LogP contribution in [0.2, 0.25) is 0 Å². The van der Waals surface area contributed by atoms with E-state index in [0.717, 1.165) is 23.5 Å². The van der Waals surface area contributed by atoms with E-state index >= 15 is 0 Å². The van der Waals surface area contributed by atoms with E-state index in [4.69, 9.17) is 0 Å². The summed E-state index contributed by atoms with van der Waals surface area (Å²) in [5.41, 5.74) is 3.21. The Morgan fingerprint density at radius 1 is 1.41 bits per heavy atom. The fourth-order valence-electron chi connectivity index (χ4n) is 1.91. The normalized spacial score (nSPS) is 12.6. The Morgan fingerprint density at radius 3 is 2.82 bits per heavy atom. The van der Waals surface area contributed by atoms with Crippen molar-refractivity contribution in [2.75, 3.05) is 7.05 Å². The van der Waals surface area contributed by atoms with Gasteiger partial charge >= 0.3 is 0 Å². The summed E-state index contributed by atoms with van der Waals surface area (Å²) >= 11 is 0. The van der Waals surface area contributed by atoms with Crippen molar-refractivity contribution in [2.45, 2.75) is 26.4 Å². The highest BCUT2D eigenvalue weighted by Crippen LogP contribution is 2.19. The molecule has 0 radical (unpaired) electrons. The van der Waals surface area contributed by atoms with Crippen LogP contribution in [0.5, 0.6) is 0 Å². The molecule has 1 atom stereocenters. The number of hydrogen-bond donors (Lipinski definition) is 1. The molecule has 0 spiro atoms. The third-order valence-corrected chi connectivity index (χ3v) is 2.80. The lowest BCUT2D eigenvalue weighted by Crippen LogP contribution is -2.18. The maximum absolute atomic E-state index is 4.56. The Kier molecular flexibility index (Phi) is 3.54. The van der Waals surface area contributed by atoms with Crippen molar-refractivity contribution in [1.82, 2.24) is 20.1 Å². The second-order valence-corrected chi connectivity index (χ2v) is 4.05. The quantitative estimate of drug-likeness (QED) is 0.872. The minimum absolute atomic E-state index is 0.107. The summed E-state index contributed by atoms with van der Waals surface area (Å²) < 4.78 is 1.93. The standard InChI is InChI=1S/C13H18N4/c1-4-17-9-11(8-15-17)13(14-3)12-7-5-6-10(2)16-12/h5-9,13-14H,4H2,1-3H3. The number of nitrogens with one attached hydrogen (secondary N) is 1. The van der Waals surface area contributed by atoms with E-state index < -0.39 is 0 Å². The Balaban J connectivity index is 2.33. The predicted molar refractivity (Wildman–Crippen MR) is 67.8 cm³/mol. The van der Waals surface area contributed by atoms with Gasteiger partial charge in [0, 0.05) is 24.0 Å². The van der Waals surface area contributed by atoms with Gasteiger partial charge in [-0.1, -0.05) is 6.07 Å². The summed E-state index contributed by atoms with van der Waals surface area (Å²) in [6, 6.07) is 6.19. The van der Waals surface area contributed by atoms with E-state index in [9.17, 15) is 0 Å². The van der Waals surface area contributed by atoms with E-state index in [2.05, 4.69) is 28.5 Å². The van der Waals surface area contributed by atoms with Crippen LogP contribution >= 0.6 is 0 Å². The van der Waals surface area contributed by atoms with E-state index in [0.29, 0.717) is 0 Å². The molecule has 2 aromatic heterocycles. The molecule has 1 unspecified atom stereocenters. The molecule has 0 aliphatic carbocycles. The molecule has 2 aromatic rings. The van der Waals surface area contributed by atoms with E-state index in [1.165, 1.54) is 0 Å². The smallest absolute Gasteiger partial charge is 0.0779 e. The Morgan fingerprint density at radius 2 is 2.24 bits per heavy atom. The molecular weight excluding hydrogens is 212 g/mol. The molecule has 0 saturated heterocycles. The SMILES string of the molecule is CCn1cc(C(NC)c2cccc(C)n2)cn1. The fraction of sp³-hybridized carbons (Fsp3) is 0.385. The van der Waals surface area contributed by atoms with Gasteiger partial charge in [0.2, 0.25) is 0 Å². The molecular formula is C13H18N4. The zero-order valence-corrected chi connectivity index (χ0v) is 10.5. The van der Waals surface area contributed by atoms with Crippen molar-refractivity contribution in [1.29, 1.82) is 0 Å². The Labute approximate surface area is 102 Å². The zero-order valence-electron chi connectivity index (χ0n) is 10.5. The maximum Gasteiger partial charge on any atom is 0.0779 e. The molecule has 0 bridgehead atoms. The minimum Gasteiger partial charge on any atom is -0.308 e. The average Bonchev–Trinajstić information content (AvgIpc) is 2.79. The first kappa shape index (κ1) is 11.8. The second-order valence-electron chi connectivity index (χ2n) is 4.05. The monoisotopic (exact) mass is 230 g/mol. The number of nitrogens with zero attached hydrogens (tertiary/aromatic N) is 3. The van der Waals surface area contributed by atoms with Gasteiger partial charge in [0.15, 0.2) is 0 Å². The van der Waals surface area contributed by atoms with Crippen LogP contribution in [-0.2, 0) is 6.54 Å². The molecule has 0 aromatic carbocycles. The lowest BCUT2D eigenvalue weighted by molar-refractivity contribution is 0.648. The van der Waals surface area contributed by atoms with Gasteiger partial charge in [-0.2, -0.15) is 5.10 Å². The van der Waals surface area contributed by atoms with Crippen LogP contribution in [0.4, 0.5) is 0 Å². The number of rotatable bonds is 4. The highest BCUT2D eigenvalue weighted by atomic mass is 15.3. The van der Waals surface area contributed by atoms with Gasteiger partial charge in [0.25, 0.3) is 0 Å². The Hall–Kier alpha value is -1.68. The predicted octanol–water partition coefficient (Wildman–Crippen LogP) is 1.92. The summed E-state index contributed by atoms with van der Waals surface area (Å²) in [6.07, 6.45) is 3.96. The maximum atomic E-state index is 4.56. The molecule has 0 fully saturated rings. The largest absolute Gasteiger partial charge is 0.308 e. The van der Waals surface area contributed by atoms with Crippen LogP contribution in [0.15, 0.2) is 30.6 Å². The molecule has 90 valence electrons. The van der Waals surface area contributed by atoms with E-state index in [1.807, 2.05) is 43.0 Å². The lowest BCUT2D eigenvalue weighted by Gasteiger charge is -2.14. The van der Waals surface area contributed by atoms with Crippen LogP contribution < -0.4 is 5.32 Å². The topological polar surface area (TPSA) is 42.7 Å². The third-order valence-electron chi connectivity index (χ3n) is 2.80. The average molecular weight is 230 g/mol. The lowest BCUT2D eigenvalue weighted by atomic mass is 10.1. The van der Waals surface area contributed by atoms with Crippen LogP contribution in [0.25, 0.3) is 0 Å². The van der Waals surface area contributed by atoms with Crippen LogP contribution in [-0.4, -0.2) is 21.8 Å².